The number of morpholine rings is 2. The van der Waals surface area contributed by atoms with Crippen molar-refractivity contribution in [1.82, 2.24) is 44.6 Å². The Labute approximate surface area is 450 Å². The van der Waals surface area contributed by atoms with Gasteiger partial charge in [-0.05, 0) is 62.9 Å². The zero-order chi connectivity index (χ0) is 53.7. The molecule has 0 aliphatic carbocycles. The number of aliphatic hydroxyl groups is 1. The molecular weight excluding hydrogens is 999 g/mol. The predicted octanol–water partition coefficient (Wildman–Crippen LogP) is 4.84. The summed E-state index contributed by atoms with van der Waals surface area (Å²) in [6, 6.07) is 15.5. The number of aromatic nitrogens is 8. The lowest BCUT2D eigenvalue weighted by Gasteiger charge is -2.38. The molecule has 12 heterocycles. The van der Waals surface area contributed by atoms with E-state index in [9.17, 15) is 14.7 Å². The molecule has 5 aliphatic heterocycles. The van der Waals surface area contributed by atoms with Crippen molar-refractivity contribution < 1.29 is 33.0 Å². The minimum atomic E-state index is -0.360. The van der Waals surface area contributed by atoms with Crippen molar-refractivity contribution in [1.29, 1.82) is 0 Å². The third kappa shape index (κ3) is 11.3. The lowest BCUT2D eigenvalue weighted by molar-refractivity contribution is 0.101. The molecule has 12 rings (SSSR count). The number of nitrogens with two attached hydrogens (primary N) is 1. The zero-order valence-corrected chi connectivity index (χ0v) is 44.1. The van der Waals surface area contributed by atoms with Crippen LogP contribution in [0.1, 0.15) is 65.4 Å². The number of carbonyl (C=O) groups excluding carboxylic acids is 2. The Morgan fingerprint density at radius 2 is 1.32 bits per heavy atom. The highest BCUT2D eigenvalue weighted by molar-refractivity contribution is 6.11. The molecule has 7 aromatic heterocycles. The first-order valence-corrected chi connectivity index (χ1v) is 26.7. The van der Waals surface area contributed by atoms with Crippen molar-refractivity contribution in [2.24, 2.45) is 17.8 Å². The van der Waals surface area contributed by atoms with E-state index in [2.05, 4.69) is 62.3 Å². The molecule has 24 heteroatoms. The number of aliphatic imine (C=N–C) groups is 1. The largest absolute Gasteiger partial charge is 0.422 e. The summed E-state index contributed by atoms with van der Waals surface area (Å²) < 4.78 is 24.8. The van der Waals surface area contributed by atoms with E-state index in [1.54, 1.807) is 60.5 Å². The fourth-order valence-corrected chi connectivity index (χ4v) is 10.8. The van der Waals surface area contributed by atoms with Gasteiger partial charge in [-0.25, -0.2) is 19.9 Å². The molecular formula is C54H65N17O7. The van der Waals surface area contributed by atoms with Crippen molar-refractivity contribution in [2.75, 3.05) is 123 Å². The maximum Gasteiger partial charge on any atom is 0.300 e. The number of hydrogen-bond donors (Lipinski definition) is 4. The molecule has 0 radical (unpaired) electrons. The van der Waals surface area contributed by atoms with Crippen molar-refractivity contribution in [3.63, 3.8) is 0 Å². The van der Waals surface area contributed by atoms with Crippen LogP contribution in [-0.4, -0.2) is 178 Å². The molecule has 2 unspecified atom stereocenters. The fourth-order valence-electron chi connectivity index (χ4n) is 10.8. The highest BCUT2D eigenvalue weighted by atomic mass is 16.5. The fraction of sp³-hybridized carbons (Fsp3) is 0.444. The van der Waals surface area contributed by atoms with Crippen LogP contribution in [0.2, 0.25) is 0 Å². The smallest absolute Gasteiger partial charge is 0.300 e. The van der Waals surface area contributed by atoms with Gasteiger partial charge in [0.2, 0.25) is 11.3 Å². The molecule has 0 aromatic carbocycles. The molecule has 2 amide bonds. The van der Waals surface area contributed by atoms with Crippen LogP contribution in [0, 0.1) is 0 Å². The molecule has 78 heavy (non-hydrogen) atoms. The maximum absolute atomic E-state index is 13.8. The van der Waals surface area contributed by atoms with Crippen molar-refractivity contribution in [2.45, 2.75) is 57.2 Å². The predicted molar refractivity (Wildman–Crippen MR) is 296 cm³/mol. The number of aryl methyl sites for hydroxylation is 1. The SMILES string of the molecule is CCCN1CCN(c2nc3nc(N4CCOCC4)oc3cc2C(=O)Nc2cccc(-c3cnn(C)c3)n2)CC1.CN=C/C(=C\N)c1cccc(NC(=O)c2cc3oc(N4CCOCC4)nc3nc2N2C3CCC2CC(O)C3)n1. The number of rotatable bonds is 13. The minimum absolute atomic E-state index is 0.105. The third-order valence-electron chi connectivity index (χ3n) is 14.6. The van der Waals surface area contributed by atoms with E-state index < -0.39 is 0 Å². The van der Waals surface area contributed by atoms with Crippen LogP contribution < -0.4 is 36.0 Å². The Balaban J connectivity index is 0.000000165. The number of ether oxygens (including phenoxy) is 2. The number of oxazole rings is 2. The average molecular weight is 1060 g/mol. The number of fused-ring (bicyclic) bond motifs is 4. The number of nitrogens with one attached hydrogen (secondary N) is 2. The highest BCUT2D eigenvalue weighted by Gasteiger charge is 2.43. The third-order valence-corrected chi connectivity index (χ3v) is 14.6. The van der Waals surface area contributed by atoms with E-state index in [0.717, 1.165) is 63.2 Å². The number of pyridine rings is 4. The van der Waals surface area contributed by atoms with E-state index >= 15 is 0 Å². The second-order valence-corrected chi connectivity index (χ2v) is 19.9. The van der Waals surface area contributed by atoms with Gasteiger partial charge in [-0.2, -0.15) is 15.1 Å². The summed E-state index contributed by atoms with van der Waals surface area (Å²) in [5, 5.41) is 20.5. The number of piperazine rings is 1. The second-order valence-electron chi connectivity index (χ2n) is 19.9. The number of piperidine rings is 1. The van der Waals surface area contributed by atoms with E-state index in [0.29, 0.717) is 146 Å². The number of nitrogens with zero attached hydrogens (tertiary/aromatic N) is 14. The van der Waals surface area contributed by atoms with Gasteiger partial charge in [-0.1, -0.05) is 19.1 Å². The first-order valence-electron chi connectivity index (χ1n) is 26.7. The summed E-state index contributed by atoms with van der Waals surface area (Å²) in [6.07, 6.45) is 10.6. The Bertz CT molecular complexity index is 3300. The second kappa shape index (κ2) is 23.3. The molecule has 5 aliphatic rings. The van der Waals surface area contributed by atoms with Gasteiger partial charge in [-0.15, -0.1) is 0 Å². The lowest BCUT2D eigenvalue weighted by atomic mass is 9.99. The van der Waals surface area contributed by atoms with Crippen LogP contribution in [0.25, 0.3) is 39.3 Å². The summed E-state index contributed by atoms with van der Waals surface area (Å²) in [7, 11) is 3.51. The number of carbonyl (C=O) groups is 2. The van der Waals surface area contributed by atoms with Gasteiger partial charge in [0.1, 0.15) is 23.3 Å². The summed E-state index contributed by atoms with van der Waals surface area (Å²) >= 11 is 0. The van der Waals surface area contributed by atoms with E-state index in [1.807, 2.05) is 35.2 Å². The monoisotopic (exact) mass is 1060 g/mol. The van der Waals surface area contributed by atoms with Crippen molar-refractivity contribution in [3.8, 4) is 11.3 Å². The van der Waals surface area contributed by atoms with Gasteiger partial charge in [0.25, 0.3) is 23.8 Å². The Hall–Kier alpha value is -8.06. The standard InChI is InChI=1S/C27H33N9O3.C27H32N8O4/c1-3-7-34-8-10-35(11-9-34)25-20(16-22-24(31-25)32-27(39-22)36-12-14-38-15-13-36)26(37)30-23-6-4-5-21(29-23)19-17-28-33(2)18-19;1-29-15-16(14-28)21-3-2-4-23(30-21)31-26(37)20-13-22-24(33-27(39-22)34-7-9-38-10-8-34)32-25(20)35-17-5-6-18(35)12-19(36)11-17/h4-6,16-18H,3,7-15H2,1-2H3,(H,29,30,37);2-4,13-15,17-19,36H,5-12,28H2,1H3,(H,30,31,37)/b;16-14+,29-15?. The maximum atomic E-state index is 13.8. The van der Waals surface area contributed by atoms with Crippen molar-refractivity contribution >= 4 is 81.4 Å². The molecule has 5 fully saturated rings. The summed E-state index contributed by atoms with van der Waals surface area (Å²) in [4.78, 5) is 70.7. The van der Waals surface area contributed by atoms with Gasteiger partial charge in [0, 0.05) is 120 Å². The Morgan fingerprint density at radius 3 is 1.88 bits per heavy atom. The zero-order valence-electron chi connectivity index (χ0n) is 44.1. The van der Waals surface area contributed by atoms with Crippen LogP contribution in [0.15, 0.2) is 81.0 Å². The van der Waals surface area contributed by atoms with Crippen LogP contribution in [0.5, 0.6) is 0 Å². The Kier molecular flexibility index (Phi) is 15.5. The first-order chi connectivity index (χ1) is 38.1. The minimum Gasteiger partial charge on any atom is -0.422 e. The van der Waals surface area contributed by atoms with E-state index in [1.165, 1.54) is 6.20 Å². The summed E-state index contributed by atoms with van der Waals surface area (Å²) in [6.45, 7) is 11.8. The van der Waals surface area contributed by atoms with Crippen LogP contribution in [0.3, 0.4) is 0 Å². The quantitative estimate of drug-likeness (QED) is 0.113. The number of amides is 2. The van der Waals surface area contributed by atoms with Gasteiger partial charge < -0.3 is 59.4 Å². The average Bonchev–Trinajstić information content (AvgIpc) is 4.29. The molecule has 5 N–H and O–H groups in total. The summed E-state index contributed by atoms with van der Waals surface area (Å²) in [5.41, 5.74) is 11.2. The lowest BCUT2D eigenvalue weighted by Crippen LogP contribution is -2.47. The van der Waals surface area contributed by atoms with E-state index in [-0.39, 0.29) is 30.0 Å². The molecule has 0 saturated carbocycles. The van der Waals surface area contributed by atoms with Crippen LogP contribution in [-0.2, 0) is 16.5 Å². The van der Waals surface area contributed by atoms with Gasteiger partial charge in [0.05, 0.1) is 61.2 Å². The first kappa shape index (κ1) is 52.0. The number of aliphatic hydroxyl groups excluding tert-OH is 1. The molecule has 2 atom stereocenters. The van der Waals surface area contributed by atoms with Gasteiger partial charge in [-0.3, -0.25) is 24.2 Å². The van der Waals surface area contributed by atoms with Gasteiger partial charge >= 0.3 is 0 Å². The number of anilines is 6. The molecule has 7 aromatic rings. The number of allylic oxidation sites excluding steroid dienone is 1. The molecule has 5 saturated heterocycles. The molecule has 24 nitrogen and oxygen atoms in total. The molecule has 0 spiro atoms. The highest BCUT2D eigenvalue weighted by Crippen LogP contribution is 2.41. The molecule has 408 valence electrons. The molecule has 2 bridgehead atoms. The van der Waals surface area contributed by atoms with Crippen LogP contribution >= 0.6 is 0 Å². The van der Waals surface area contributed by atoms with Crippen LogP contribution in [0.4, 0.5) is 35.3 Å². The Morgan fingerprint density at radius 1 is 0.744 bits per heavy atom. The van der Waals surface area contributed by atoms with Crippen molar-refractivity contribution in [3.05, 3.63) is 83.9 Å². The topological polar surface area (TPSA) is 273 Å². The number of hydrogen-bond acceptors (Lipinski definition) is 21. The van der Waals surface area contributed by atoms with Gasteiger partial charge in [0.15, 0.2) is 11.2 Å². The summed E-state index contributed by atoms with van der Waals surface area (Å²) in [5.74, 6) is 1.33. The normalized spacial score (nSPS) is 20.2. The van der Waals surface area contributed by atoms with E-state index in [4.69, 9.17) is 34.0 Å².